The summed E-state index contributed by atoms with van der Waals surface area (Å²) in [5.74, 6) is 0. The van der Waals surface area contributed by atoms with E-state index in [-0.39, 0.29) is 35.7 Å². The van der Waals surface area contributed by atoms with E-state index in [1.54, 1.807) is 13.8 Å². The van der Waals surface area contributed by atoms with Crippen LogP contribution in [0.25, 0.3) is 12.2 Å². The molecule has 2 aromatic rings. The summed E-state index contributed by atoms with van der Waals surface area (Å²) in [5, 5.41) is 4.60. The van der Waals surface area contributed by atoms with Crippen LogP contribution in [0.1, 0.15) is 25.0 Å². The highest BCUT2D eigenvalue weighted by molar-refractivity contribution is 7.86. The Balaban J connectivity index is 2.47. The molecule has 0 saturated heterocycles. The summed E-state index contributed by atoms with van der Waals surface area (Å²) in [6, 6.07) is 7.16. The van der Waals surface area contributed by atoms with Crippen LogP contribution in [0.2, 0.25) is 0 Å². The molecule has 14 heteroatoms. The summed E-state index contributed by atoms with van der Waals surface area (Å²) in [5.41, 5.74) is -0.0497. The number of benzene rings is 2. The fraction of sp³-hybridized carbons (Fsp3) is 0.200. The normalized spacial score (nSPS) is 11.8. The summed E-state index contributed by atoms with van der Waals surface area (Å²) in [6.45, 7) is 3.33. The molecule has 12 nitrogen and oxygen atoms in total. The molecule has 2 rings (SSSR count). The molecule has 4 N–H and O–H groups in total. The van der Waals surface area contributed by atoms with E-state index >= 15 is 0 Å². The molecule has 2 amide bonds. The number of carbonyl (C=O) groups excluding carboxylic acids is 2. The molecule has 0 aliphatic rings. The Hall–Kier alpha value is -3.46. The Morgan fingerprint density at radius 3 is 1.41 bits per heavy atom. The lowest BCUT2D eigenvalue weighted by atomic mass is 10.1. The van der Waals surface area contributed by atoms with E-state index in [1.165, 1.54) is 36.4 Å². The minimum absolute atomic E-state index is 0.0243. The maximum absolute atomic E-state index is 11.8. The molecule has 0 atom stereocenters. The predicted molar refractivity (Wildman–Crippen MR) is 123 cm³/mol. The monoisotopic (exact) mass is 514 g/mol. The van der Waals surface area contributed by atoms with Crippen LogP contribution < -0.4 is 10.6 Å². The van der Waals surface area contributed by atoms with Gasteiger partial charge in [0.25, 0.3) is 20.2 Å². The molecule has 0 spiro atoms. The smallest absolute Gasteiger partial charge is 0.411 e. The van der Waals surface area contributed by atoms with E-state index in [4.69, 9.17) is 9.47 Å². The Bertz CT molecular complexity index is 1220. The highest BCUT2D eigenvalue weighted by Gasteiger charge is 2.18. The molecular formula is C20H22N2O10S2. The van der Waals surface area contributed by atoms with Crippen molar-refractivity contribution in [3.05, 3.63) is 47.5 Å². The second-order valence-corrected chi connectivity index (χ2v) is 9.26. The second-order valence-electron chi connectivity index (χ2n) is 6.48. The molecule has 34 heavy (non-hydrogen) atoms. The third kappa shape index (κ3) is 7.55. The zero-order chi connectivity index (χ0) is 25.5. The van der Waals surface area contributed by atoms with E-state index in [0.717, 1.165) is 12.1 Å². The van der Waals surface area contributed by atoms with Crippen LogP contribution in [0, 0.1) is 0 Å². The number of nitrogens with one attached hydrogen (secondary N) is 2. The average molecular weight is 515 g/mol. The lowest BCUT2D eigenvalue weighted by molar-refractivity contribution is 0.167. The van der Waals surface area contributed by atoms with Crippen LogP contribution in [0.15, 0.2) is 46.2 Å². The Morgan fingerprint density at radius 1 is 0.765 bits per heavy atom. The van der Waals surface area contributed by atoms with Gasteiger partial charge in [-0.15, -0.1) is 0 Å². The highest BCUT2D eigenvalue weighted by atomic mass is 32.2. The molecule has 0 aliphatic heterocycles. The van der Waals surface area contributed by atoms with Crippen molar-refractivity contribution in [3.8, 4) is 0 Å². The molecule has 0 bridgehead atoms. The van der Waals surface area contributed by atoms with Gasteiger partial charge in [-0.2, -0.15) is 16.8 Å². The first kappa shape index (κ1) is 26.8. The van der Waals surface area contributed by atoms with E-state index < -0.39 is 42.2 Å². The van der Waals surface area contributed by atoms with Crippen molar-refractivity contribution >= 4 is 55.9 Å². The van der Waals surface area contributed by atoms with E-state index in [1.807, 2.05) is 0 Å². The minimum atomic E-state index is -4.75. The minimum Gasteiger partial charge on any atom is -0.450 e. The van der Waals surface area contributed by atoms with Gasteiger partial charge in [-0.05, 0) is 49.2 Å². The molecule has 184 valence electrons. The highest BCUT2D eigenvalue weighted by Crippen LogP contribution is 2.26. The predicted octanol–water partition coefficient (Wildman–Crippen LogP) is 3.49. The summed E-state index contributed by atoms with van der Waals surface area (Å²) in [7, 11) is -9.49. The average Bonchev–Trinajstić information content (AvgIpc) is 2.72. The SMILES string of the molecule is CCOC(=O)Nc1ccc(/C=C/c2ccc(NC(=O)OCC)cc2S(=O)(=O)O)c(S(=O)(=O)O)c1. The van der Waals surface area contributed by atoms with Crippen molar-refractivity contribution in [3.63, 3.8) is 0 Å². The van der Waals surface area contributed by atoms with Gasteiger partial charge < -0.3 is 9.47 Å². The van der Waals surface area contributed by atoms with Crippen LogP contribution in [0.3, 0.4) is 0 Å². The van der Waals surface area contributed by atoms with Crippen molar-refractivity contribution < 1.29 is 45.0 Å². The number of carbonyl (C=O) groups is 2. The molecule has 0 fully saturated rings. The topological polar surface area (TPSA) is 185 Å². The number of amides is 2. The van der Waals surface area contributed by atoms with E-state index in [0.29, 0.717) is 0 Å². The van der Waals surface area contributed by atoms with Gasteiger partial charge in [0.1, 0.15) is 9.79 Å². The third-order valence-corrected chi connectivity index (χ3v) is 5.89. The van der Waals surface area contributed by atoms with E-state index in [9.17, 15) is 35.5 Å². The van der Waals surface area contributed by atoms with Crippen molar-refractivity contribution in [1.29, 1.82) is 0 Å². The zero-order valence-corrected chi connectivity index (χ0v) is 19.6. The number of rotatable bonds is 8. The molecule has 2 aromatic carbocycles. The molecule has 0 aromatic heterocycles. The van der Waals surface area contributed by atoms with Gasteiger partial charge in [0.05, 0.1) is 13.2 Å². The summed E-state index contributed by atoms with van der Waals surface area (Å²) < 4.78 is 76.0. The van der Waals surface area contributed by atoms with Gasteiger partial charge in [-0.25, -0.2) is 9.59 Å². The lowest BCUT2D eigenvalue weighted by Gasteiger charge is -2.10. The molecule has 0 saturated carbocycles. The summed E-state index contributed by atoms with van der Waals surface area (Å²) >= 11 is 0. The Kier molecular flexibility index (Phi) is 8.75. The van der Waals surface area contributed by atoms with Crippen molar-refractivity contribution in [2.75, 3.05) is 23.8 Å². The van der Waals surface area contributed by atoms with Gasteiger partial charge in [0, 0.05) is 11.4 Å². The quantitative estimate of drug-likeness (QED) is 0.300. The standard InChI is InChI=1S/C20H22N2O10S2/c1-3-31-19(23)21-15-9-7-13(17(11-15)33(25,26)27)5-6-14-8-10-16(22-20(24)32-4-2)12-18(14)34(28,29)30/h5-12H,3-4H2,1-2H3,(H,21,23)(H,22,24)(H,25,26,27)(H,28,29,30)/b6-5+. The summed E-state index contributed by atoms with van der Waals surface area (Å²) in [6.07, 6.45) is 0.696. The first-order valence-electron chi connectivity index (χ1n) is 9.63. The second kappa shape index (κ2) is 11.1. The van der Waals surface area contributed by atoms with Crippen LogP contribution in [-0.2, 0) is 29.7 Å². The van der Waals surface area contributed by atoms with Crippen LogP contribution in [-0.4, -0.2) is 51.3 Å². The summed E-state index contributed by atoms with van der Waals surface area (Å²) in [4.78, 5) is 22.0. The fourth-order valence-corrected chi connectivity index (χ4v) is 4.12. The van der Waals surface area contributed by atoms with Gasteiger partial charge in [-0.3, -0.25) is 19.7 Å². The van der Waals surface area contributed by atoms with Crippen molar-refractivity contribution in [2.45, 2.75) is 23.6 Å². The van der Waals surface area contributed by atoms with Gasteiger partial charge in [0.2, 0.25) is 0 Å². The number of hydrogen-bond donors (Lipinski definition) is 4. The molecule has 0 heterocycles. The van der Waals surface area contributed by atoms with Crippen LogP contribution >= 0.6 is 0 Å². The first-order chi connectivity index (χ1) is 15.8. The number of ether oxygens (including phenoxy) is 2. The third-order valence-electron chi connectivity index (χ3n) is 4.07. The Morgan fingerprint density at radius 2 is 1.12 bits per heavy atom. The Labute approximate surface area is 196 Å². The van der Waals surface area contributed by atoms with Gasteiger partial charge in [-0.1, -0.05) is 24.3 Å². The lowest BCUT2D eigenvalue weighted by Crippen LogP contribution is -2.14. The van der Waals surface area contributed by atoms with E-state index in [2.05, 4.69) is 10.6 Å². The molecular weight excluding hydrogens is 492 g/mol. The fourth-order valence-electron chi connectivity index (χ4n) is 2.70. The number of hydrogen-bond acceptors (Lipinski definition) is 8. The number of anilines is 2. The van der Waals surface area contributed by atoms with Crippen LogP contribution in [0.5, 0.6) is 0 Å². The largest absolute Gasteiger partial charge is 0.450 e. The maximum atomic E-state index is 11.8. The first-order valence-corrected chi connectivity index (χ1v) is 12.5. The van der Waals surface area contributed by atoms with Crippen molar-refractivity contribution in [1.82, 2.24) is 0 Å². The van der Waals surface area contributed by atoms with Crippen molar-refractivity contribution in [2.24, 2.45) is 0 Å². The molecule has 0 aliphatic carbocycles. The zero-order valence-electron chi connectivity index (χ0n) is 18.0. The van der Waals surface area contributed by atoms with Gasteiger partial charge >= 0.3 is 12.2 Å². The van der Waals surface area contributed by atoms with Crippen LogP contribution in [0.4, 0.5) is 21.0 Å². The molecule has 0 unspecified atom stereocenters. The maximum Gasteiger partial charge on any atom is 0.411 e. The molecule has 0 radical (unpaired) electrons. The van der Waals surface area contributed by atoms with Gasteiger partial charge in [0.15, 0.2) is 0 Å².